The van der Waals surface area contributed by atoms with Crippen LogP contribution in [-0.2, 0) is 11.2 Å². The SMILES string of the molecule is O=C1Oc2c(Cl)cc(Cl)cc2CC1=Cc1ccccc1. The molecule has 100 valence electrons. The molecule has 4 heteroatoms. The number of ether oxygens (including phenoxy) is 1. The maximum atomic E-state index is 12.0. The molecule has 1 heterocycles. The van der Waals surface area contributed by atoms with Crippen LogP contribution in [0.2, 0.25) is 10.0 Å². The molecule has 0 saturated heterocycles. The zero-order valence-corrected chi connectivity index (χ0v) is 11.9. The molecule has 0 aromatic heterocycles. The van der Waals surface area contributed by atoms with Crippen LogP contribution in [0.4, 0.5) is 0 Å². The average molecular weight is 305 g/mol. The number of esters is 1. The van der Waals surface area contributed by atoms with Crippen molar-refractivity contribution in [3.05, 3.63) is 69.2 Å². The number of carbonyl (C=O) groups is 1. The van der Waals surface area contributed by atoms with Crippen LogP contribution < -0.4 is 4.74 Å². The van der Waals surface area contributed by atoms with Crippen LogP contribution in [0.3, 0.4) is 0 Å². The summed E-state index contributed by atoms with van der Waals surface area (Å²) < 4.78 is 5.30. The van der Waals surface area contributed by atoms with Gasteiger partial charge in [0.1, 0.15) is 0 Å². The molecule has 20 heavy (non-hydrogen) atoms. The predicted octanol–water partition coefficient (Wildman–Crippen LogP) is 4.54. The van der Waals surface area contributed by atoms with Gasteiger partial charge in [0.2, 0.25) is 0 Å². The molecule has 0 spiro atoms. The number of rotatable bonds is 1. The first-order valence-corrected chi connectivity index (χ1v) is 6.85. The Morgan fingerprint density at radius 3 is 2.60 bits per heavy atom. The monoisotopic (exact) mass is 304 g/mol. The molecule has 0 bridgehead atoms. The van der Waals surface area contributed by atoms with E-state index in [9.17, 15) is 4.79 Å². The van der Waals surface area contributed by atoms with Gasteiger partial charge in [-0.15, -0.1) is 0 Å². The minimum Gasteiger partial charge on any atom is -0.421 e. The zero-order chi connectivity index (χ0) is 14.1. The Bertz CT molecular complexity index is 706. The van der Waals surface area contributed by atoms with Crippen molar-refractivity contribution in [2.45, 2.75) is 6.42 Å². The lowest BCUT2D eigenvalue weighted by atomic mass is 9.99. The van der Waals surface area contributed by atoms with Crippen molar-refractivity contribution in [1.82, 2.24) is 0 Å². The van der Waals surface area contributed by atoms with Crippen molar-refractivity contribution in [3.63, 3.8) is 0 Å². The molecule has 0 unspecified atom stereocenters. The van der Waals surface area contributed by atoms with Crippen LogP contribution in [0, 0.1) is 0 Å². The molecule has 1 aliphatic heterocycles. The molecule has 1 aliphatic rings. The highest BCUT2D eigenvalue weighted by atomic mass is 35.5. The molecule has 2 nitrogen and oxygen atoms in total. The molecular weight excluding hydrogens is 295 g/mol. The number of carbonyl (C=O) groups excluding carboxylic acids is 1. The molecule has 0 N–H and O–H groups in total. The first-order chi connectivity index (χ1) is 9.63. The normalized spacial score (nSPS) is 15.9. The van der Waals surface area contributed by atoms with Gasteiger partial charge >= 0.3 is 5.97 Å². The highest BCUT2D eigenvalue weighted by Gasteiger charge is 2.25. The van der Waals surface area contributed by atoms with Gasteiger partial charge < -0.3 is 4.74 Å². The molecule has 0 atom stereocenters. The molecule has 2 aromatic carbocycles. The second kappa shape index (κ2) is 5.31. The van der Waals surface area contributed by atoms with E-state index in [1.54, 1.807) is 12.1 Å². The molecule has 0 amide bonds. The van der Waals surface area contributed by atoms with Gasteiger partial charge in [-0.1, -0.05) is 53.5 Å². The third-order valence-electron chi connectivity index (χ3n) is 3.06. The van der Waals surface area contributed by atoms with Crippen molar-refractivity contribution in [2.75, 3.05) is 0 Å². The summed E-state index contributed by atoms with van der Waals surface area (Å²) in [4.78, 5) is 12.0. The molecule has 2 aromatic rings. The fraction of sp³-hybridized carbons (Fsp3) is 0.0625. The van der Waals surface area contributed by atoms with Crippen molar-refractivity contribution in [3.8, 4) is 5.75 Å². The molecular formula is C16H10Cl2O2. The predicted molar refractivity (Wildman–Crippen MR) is 80.2 cm³/mol. The number of fused-ring (bicyclic) bond motifs is 1. The quantitative estimate of drug-likeness (QED) is 0.439. The number of benzene rings is 2. The second-order valence-corrected chi connectivity index (χ2v) is 5.37. The average Bonchev–Trinajstić information content (AvgIpc) is 2.42. The van der Waals surface area contributed by atoms with E-state index in [1.165, 1.54) is 0 Å². The van der Waals surface area contributed by atoms with Crippen LogP contribution in [-0.4, -0.2) is 5.97 Å². The molecule has 0 saturated carbocycles. The van der Waals surface area contributed by atoms with E-state index < -0.39 is 0 Å². The highest BCUT2D eigenvalue weighted by molar-refractivity contribution is 6.36. The van der Waals surface area contributed by atoms with Crippen LogP contribution >= 0.6 is 23.2 Å². The largest absolute Gasteiger partial charge is 0.421 e. The summed E-state index contributed by atoms with van der Waals surface area (Å²) >= 11 is 12.0. The number of hydrogen-bond donors (Lipinski definition) is 0. The maximum Gasteiger partial charge on any atom is 0.339 e. The first kappa shape index (κ1) is 13.2. The second-order valence-electron chi connectivity index (χ2n) is 4.52. The molecule has 0 radical (unpaired) electrons. The van der Waals surface area contributed by atoms with E-state index in [0.717, 1.165) is 11.1 Å². The Morgan fingerprint density at radius 1 is 1.10 bits per heavy atom. The Morgan fingerprint density at radius 2 is 1.85 bits per heavy atom. The summed E-state index contributed by atoms with van der Waals surface area (Å²) in [6.07, 6.45) is 2.28. The Hall–Kier alpha value is -1.77. The van der Waals surface area contributed by atoms with Gasteiger partial charge in [0.05, 0.1) is 5.02 Å². The van der Waals surface area contributed by atoms with Crippen LogP contribution in [0.5, 0.6) is 5.75 Å². The Kier molecular flexibility index (Phi) is 3.51. The van der Waals surface area contributed by atoms with Gasteiger partial charge in [0.25, 0.3) is 0 Å². The van der Waals surface area contributed by atoms with Gasteiger partial charge in [-0.05, 0) is 23.8 Å². The van der Waals surface area contributed by atoms with Crippen molar-refractivity contribution in [2.24, 2.45) is 0 Å². The lowest BCUT2D eigenvalue weighted by Gasteiger charge is -2.19. The first-order valence-electron chi connectivity index (χ1n) is 6.09. The van der Waals surface area contributed by atoms with E-state index in [0.29, 0.717) is 27.8 Å². The van der Waals surface area contributed by atoms with Crippen LogP contribution in [0.25, 0.3) is 6.08 Å². The van der Waals surface area contributed by atoms with E-state index in [-0.39, 0.29) is 5.97 Å². The van der Waals surface area contributed by atoms with Crippen molar-refractivity contribution < 1.29 is 9.53 Å². The highest BCUT2D eigenvalue weighted by Crippen LogP contribution is 2.37. The van der Waals surface area contributed by atoms with E-state index in [4.69, 9.17) is 27.9 Å². The summed E-state index contributed by atoms with van der Waals surface area (Å²) in [6, 6.07) is 13.0. The molecule has 0 aliphatic carbocycles. The van der Waals surface area contributed by atoms with Crippen molar-refractivity contribution in [1.29, 1.82) is 0 Å². The Balaban J connectivity index is 2.01. The standard InChI is InChI=1S/C16H10Cl2O2/c17-13-8-11-7-12(6-10-4-2-1-3-5-10)16(19)20-15(11)14(18)9-13/h1-6,8-9H,7H2. The Labute approximate surface area is 126 Å². The topological polar surface area (TPSA) is 26.3 Å². The van der Waals surface area contributed by atoms with E-state index in [1.807, 2.05) is 36.4 Å². The fourth-order valence-electron chi connectivity index (χ4n) is 2.16. The van der Waals surface area contributed by atoms with Gasteiger partial charge in [0.15, 0.2) is 5.75 Å². The minimum absolute atomic E-state index is 0.361. The summed E-state index contributed by atoms with van der Waals surface area (Å²) in [5.74, 6) is 0.0388. The minimum atomic E-state index is -0.370. The smallest absolute Gasteiger partial charge is 0.339 e. The summed E-state index contributed by atoms with van der Waals surface area (Å²) in [5, 5.41) is 0.894. The molecule has 3 rings (SSSR count). The van der Waals surface area contributed by atoms with Gasteiger partial charge in [-0.3, -0.25) is 0 Å². The number of hydrogen-bond acceptors (Lipinski definition) is 2. The van der Waals surface area contributed by atoms with E-state index in [2.05, 4.69) is 0 Å². The third kappa shape index (κ3) is 2.58. The van der Waals surface area contributed by atoms with E-state index >= 15 is 0 Å². The summed E-state index contributed by atoms with van der Waals surface area (Å²) in [5.41, 5.74) is 2.36. The summed E-state index contributed by atoms with van der Waals surface area (Å²) in [7, 11) is 0. The maximum absolute atomic E-state index is 12.0. The van der Waals surface area contributed by atoms with Crippen LogP contribution in [0.1, 0.15) is 11.1 Å². The summed E-state index contributed by atoms with van der Waals surface area (Å²) in [6.45, 7) is 0. The molecule has 0 fully saturated rings. The van der Waals surface area contributed by atoms with Gasteiger partial charge in [-0.2, -0.15) is 0 Å². The van der Waals surface area contributed by atoms with Gasteiger partial charge in [0, 0.05) is 22.6 Å². The lowest BCUT2D eigenvalue weighted by molar-refractivity contribution is -0.130. The number of halogens is 2. The fourth-order valence-corrected chi connectivity index (χ4v) is 2.73. The van der Waals surface area contributed by atoms with Crippen molar-refractivity contribution >= 4 is 35.2 Å². The third-order valence-corrected chi connectivity index (χ3v) is 3.56. The zero-order valence-electron chi connectivity index (χ0n) is 10.4. The lowest BCUT2D eigenvalue weighted by Crippen LogP contribution is -2.19. The van der Waals surface area contributed by atoms with Crippen LogP contribution in [0.15, 0.2) is 48.0 Å². The van der Waals surface area contributed by atoms with Gasteiger partial charge in [-0.25, -0.2) is 4.79 Å².